The number of halogens is 1. The lowest BCUT2D eigenvalue weighted by Crippen LogP contribution is -2.23. The van der Waals surface area contributed by atoms with Crippen molar-refractivity contribution in [1.82, 2.24) is 5.32 Å². The third-order valence-electron chi connectivity index (χ3n) is 3.72. The third kappa shape index (κ3) is 4.42. The lowest BCUT2D eigenvalue weighted by Gasteiger charge is -2.20. The maximum atomic E-state index is 3.66. The molecule has 0 aliphatic heterocycles. The maximum Gasteiger partial charge on any atom is 0.0577 e. The number of benzene rings is 2. The lowest BCUT2D eigenvalue weighted by atomic mass is 9.95. The molecule has 0 amide bonds. The average molecular weight is 346 g/mol. The van der Waals surface area contributed by atoms with E-state index in [-0.39, 0.29) is 6.04 Å². The van der Waals surface area contributed by atoms with Crippen LogP contribution in [0.4, 0.5) is 0 Å². The van der Waals surface area contributed by atoms with Crippen molar-refractivity contribution in [2.24, 2.45) is 0 Å². The normalized spacial score (nSPS) is 12.6. The fourth-order valence-corrected chi connectivity index (χ4v) is 2.89. The standard InChI is InChI=1S/C19H24BrN/c1-4-12-21-19(17-6-5-7-18(20)13-17)16-10-8-15(9-11-16)14(2)3/h5-11,13-14,19,21H,4,12H2,1-3H3. The molecule has 0 bridgehead atoms. The van der Waals surface area contributed by atoms with Gasteiger partial charge < -0.3 is 5.32 Å². The Balaban J connectivity index is 2.31. The first kappa shape index (κ1) is 16.3. The molecule has 0 aliphatic rings. The van der Waals surface area contributed by atoms with Crippen LogP contribution in [0, 0.1) is 0 Å². The summed E-state index contributed by atoms with van der Waals surface area (Å²) in [4.78, 5) is 0. The minimum absolute atomic E-state index is 0.253. The summed E-state index contributed by atoms with van der Waals surface area (Å²) < 4.78 is 1.13. The molecule has 1 atom stereocenters. The number of hydrogen-bond acceptors (Lipinski definition) is 1. The molecular weight excluding hydrogens is 322 g/mol. The minimum atomic E-state index is 0.253. The zero-order chi connectivity index (χ0) is 15.2. The zero-order valence-corrected chi connectivity index (χ0v) is 14.7. The van der Waals surface area contributed by atoms with Crippen LogP contribution in [-0.2, 0) is 0 Å². The highest BCUT2D eigenvalue weighted by Crippen LogP contribution is 2.26. The summed E-state index contributed by atoms with van der Waals surface area (Å²) in [5.74, 6) is 0.576. The van der Waals surface area contributed by atoms with Crippen LogP contribution in [0.5, 0.6) is 0 Å². The van der Waals surface area contributed by atoms with Crippen LogP contribution in [-0.4, -0.2) is 6.54 Å². The molecule has 1 nitrogen and oxygen atoms in total. The highest BCUT2D eigenvalue weighted by atomic mass is 79.9. The fourth-order valence-electron chi connectivity index (χ4n) is 2.48. The quantitative estimate of drug-likeness (QED) is 0.711. The second-order valence-corrected chi connectivity index (χ2v) is 6.68. The molecule has 0 radical (unpaired) electrons. The molecule has 1 N–H and O–H groups in total. The SMILES string of the molecule is CCCNC(c1ccc(C(C)C)cc1)c1cccc(Br)c1. The Hall–Kier alpha value is -1.12. The lowest BCUT2D eigenvalue weighted by molar-refractivity contribution is 0.598. The van der Waals surface area contributed by atoms with Gasteiger partial charge in [-0.25, -0.2) is 0 Å². The van der Waals surface area contributed by atoms with Crippen LogP contribution in [0.25, 0.3) is 0 Å². The molecule has 2 aromatic rings. The molecular formula is C19H24BrN. The second kappa shape index (κ2) is 7.77. The van der Waals surface area contributed by atoms with Crippen LogP contribution >= 0.6 is 15.9 Å². The van der Waals surface area contributed by atoms with Gasteiger partial charge in [0.1, 0.15) is 0 Å². The molecule has 0 aromatic heterocycles. The van der Waals surface area contributed by atoms with Crippen molar-refractivity contribution in [1.29, 1.82) is 0 Å². The largest absolute Gasteiger partial charge is 0.306 e. The van der Waals surface area contributed by atoms with E-state index in [9.17, 15) is 0 Å². The molecule has 0 spiro atoms. The van der Waals surface area contributed by atoms with Gasteiger partial charge in [0.25, 0.3) is 0 Å². The van der Waals surface area contributed by atoms with Gasteiger partial charge in [-0.05, 0) is 47.7 Å². The van der Waals surface area contributed by atoms with Crippen molar-refractivity contribution >= 4 is 15.9 Å². The fraction of sp³-hybridized carbons (Fsp3) is 0.368. The summed E-state index contributed by atoms with van der Waals surface area (Å²) in [6.07, 6.45) is 1.13. The molecule has 0 fully saturated rings. The molecule has 0 saturated carbocycles. The Bertz CT molecular complexity index is 560. The Labute approximate surface area is 136 Å². The van der Waals surface area contributed by atoms with E-state index in [1.807, 2.05) is 0 Å². The van der Waals surface area contributed by atoms with Crippen molar-refractivity contribution in [2.75, 3.05) is 6.54 Å². The van der Waals surface area contributed by atoms with E-state index in [1.165, 1.54) is 16.7 Å². The second-order valence-electron chi connectivity index (χ2n) is 5.76. The molecule has 112 valence electrons. The van der Waals surface area contributed by atoms with E-state index in [1.54, 1.807) is 0 Å². The topological polar surface area (TPSA) is 12.0 Å². The van der Waals surface area contributed by atoms with Crippen molar-refractivity contribution in [2.45, 2.75) is 39.2 Å². The summed E-state index contributed by atoms with van der Waals surface area (Å²) in [7, 11) is 0. The van der Waals surface area contributed by atoms with E-state index in [0.717, 1.165) is 17.4 Å². The van der Waals surface area contributed by atoms with Crippen molar-refractivity contribution in [3.05, 3.63) is 69.7 Å². The van der Waals surface area contributed by atoms with Gasteiger partial charge in [-0.3, -0.25) is 0 Å². The Morgan fingerprint density at radius 3 is 2.19 bits per heavy atom. The summed E-state index contributed by atoms with van der Waals surface area (Å²) in [5, 5.41) is 3.66. The Morgan fingerprint density at radius 1 is 0.952 bits per heavy atom. The van der Waals surface area contributed by atoms with Crippen LogP contribution < -0.4 is 5.32 Å². The van der Waals surface area contributed by atoms with Gasteiger partial charge in [0.05, 0.1) is 6.04 Å². The summed E-state index contributed by atoms with van der Waals surface area (Å²) >= 11 is 3.57. The first-order valence-electron chi connectivity index (χ1n) is 7.70. The van der Waals surface area contributed by atoms with Gasteiger partial charge in [0.15, 0.2) is 0 Å². The molecule has 21 heavy (non-hydrogen) atoms. The van der Waals surface area contributed by atoms with E-state index in [0.29, 0.717) is 5.92 Å². The third-order valence-corrected chi connectivity index (χ3v) is 4.21. The van der Waals surface area contributed by atoms with Gasteiger partial charge in [-0.1, -0.05) is 73.1 Å². The van der Waals surface area contributed by atoms with Crippen LogP contribution in [0.15, 0.2) is 53.0 Å². The molecule has 0 heterocycles. The number of rotatable bonds is 6. The smallest absolute Gasteiger partial charge is 0.0577 e. The predicted octanol–water partition coefficient (Wildman–Crippen LogP) is 5.66. The van der Waals surface area contributed by atoms with Crippen LogP contribution in [0.3, 0.4) is 0 Å². The maximum absolute atomic E-state index is 3.66. The number of hydrogen-bond donors (Lipinski definition) is 1. The summed E-state index contributed by atoms with van der Waals surface area (Å²) in [6.45, 7) is 7.68. The van der Waals surface area contributed by atoms with Gasteiger partial charge in [-0.15, -0.1) is 0 Å². The highest BCUT2D eigenvalue weighted by molar-refractivity contribution is 9.10. The Morgan fingerprint density at radius 2 is 1.62 bits per heavy atom. The van der Waals surface area contributed by atoms with Crippen LogP contribution in [0.1, 0.15) is 55.8 Å². The summed E-state index contributed by atoms with van der Waals surface area (Å²) in [5.41, 5.74) is 4.02. The van der Waals surface area contributed by atoms with Gasteiger partial charge in [0.2, 0.25) is 0 Å². The molecule has 2 heteroatoms. The van der Waals surface area contributed by atoms with E-state index >= 15 is 0 Å². The Kier molecular flexibility index (Phi) is 6.01. The van der Waals surface area contributed by atoms with Gasteiger partial charge in [0, 0.05) is 4.47 Å². The van der Waals surface area contributed by atoms with E-state index < -0.39 is 0 Å². The van der Waals surface area contributed by atoms with Crippen molar-refractivity contribution in [3.8, 4) is 0 Å². The number of nitrogens with one attached hydrogen (secondary N) is 1. The first-order valence-corrected chi connectivity index (χ1v) is 8.49. The van der Waals surface area contributed by atoms with Crippen molar-refractivity contribution in [3.63, 3.8) is 0 Å². The summed E-state index contributed by atoms with van der Waals surface area (Å²) in [6, 6.07) is 17.8. The average Bonchev–Trinajstić information content (AvgIpc) is 2.48. The monoisotopic (exact) mass is 345 g/mol. The minimum Gasteiger partial charge on any atom is -0.306 e. The predicted molar refractivity (Wildman–Crippen MR) is 94.8 cm³/mol. The highest BCUT2D eigenvalue weighted by Gasteiger charge is 2.13. The van der Waals surface area contributed by atoms with Gasteiger partial charge in [-0.2, -0.15) is 0 Å². The molecule has 0 saturated heterocycles. The van der Waals surface area contributed by atoms with E-state index in [2.05, 4.69) is 90.5 Å². The van der Waals surface area contributed by atoms with Crippen LogP contribution in [0.2, 0.25) is 0 Å². The zero-order valence-electron chi connectivity index (χ0n) is 13.1. The molecule has 0 aliphatic carbocycles. The molecule has 2 rings (SSSR count). The van der Waals surface area contributed by atoms with Gasteiger partial charge >= 0.3 is 0 Å². The molecule has 1 unspecified atom stereocenters. The first-order chi connectivity index (χ1) is 10.1. The van der Waals surface area contributed by atoms with Crippen molar-refractivity contribution < 1.29 is 0 Å². The molecule has 2 aromatic carbocycles. The van der Waals surface area contributed by atoms with E-state index in [4.69, 9.17) is 0 Å².